The standard InChI is InChI=1S/C17H18O4/c1-18-13-6-3-2-5-12(13)17-15-7-4-8-16(15,9-10-19-17)20-14(11-15)21-17/h2-3,5-6,9-10,14H,4,7-8,11H2,1H3/t14-,15+,16+,17+/m0/s1. The van der Waals surface area contributed by atoms with Crippen molar-refractivity contribution in [2.45, 2.75) is 43.4 Å². The molecule has 3 heterocycles. The summed E-state index contributed by atoms with van der Waals surface area (Å²) in [6, 6.07) is 8.00. The van der Waals surface area contributed by atoms with Gasteiger partial charge >= 0.3 is 0 Å². The molecule has 4 atom stereocenters. The minimum atomic E-state index is -0.770. The van der Waals surface area contributed by atoms with Gasteiger partial charge in [-0.25, -0.2) is 0 Å². The number of ether oxygens (including phenoxy) is 4. The van der Waals surface area contributed by atoms with Gasteiger partial charge in [0, 0.05) is 6.42 Å². The number of fused-ring (bicyclic) bond motifs is 1. The molecule has 110 valence electrons. The Labute approximate surface area is 123 Å². The molecule has 1 aromatic rings. The van der Waals surface area contributed by atoms with E-state index in [0.717, 1.165) is 37.0 Å². The van der Waals surface area contributed by atoms with Gasteiger partial charge in [0.05, 0.1) is 24.4 Å². The summed E-state index contributed by atoms with van der Waals surface area (Å²) in [6.07, 6.45) is 7.83. The Morgan fingerprint density at radius 2 is 2.10 bits per heavy atom. The summed E-state index contributed by atoms with van der Waals surface area (Å²) in [7, 11) is 1.69. The van der Waals surface area contributed by atoms with Gasteiger partial charge in [-0.15, -0.1) is 0 Å². The molecule has 4 heteroatoms. The number of para-hydroxylation sites is 1. The predicted octanol–water partition coefficient (Wildman–Crippen LogP) is 3.08. The second-order valence-electron chi connectivity index (χ2n) is 6.43. The van der Waals surface area contributed by atoms with E-state index in [1.54, 1.807) is 13.4 Å². The number of hydrogen-bond acceptors (Lipinski definition) is 4. The molecule has 5 rings (SSSR count). The molecule has 2 bridgehead atoms. The minimum absolute atomic E-state index is 0.131. The first-order chi connectivity index (χ1) is 10.3. The van der Waals surface area contributed by atoms with Crippen molar-refractivity contribution in [2.75, 3.05) is 7.11 Å². The monoisotopic (exact) mass is 286 g/mol. The fraction of sp³-hybridized carbons (Fsp3) is 0.529. The van der Waals surface area contributed by atoms with Crippen molar-refractivity contribution in [2.24, 2.45) is 5.41 Å². The molecule has 0 radical (unpaired) electrons. The van der Waals surface area contributed by atoms with Gasteiger partial charge in [-0.05, 0) is 37.5 Å². The molecule has 2 saturated heterocycles. The van der Waals surface area contributed by atoms with E-state index in [0.29, 0.717) is 0 Å². The van der Waals surface area contributed by atoms with Gasteiger partial charge in [-0.1, -0.05) is 12.1 Å². The molecule has 4 aliphatic rings. The van der Waals surface area contributed by atoms with Crippen LogP contribution >= 0.6 is 0 Å². The molecule has 1 saturated carbocycles. The first-order valence-electron chi connectivity index (χ1n) is 7.60. The van der Waals surface area contributed by atoms with Gasteiger partial charge < -0.3 is 18.9 Å². The molecular weight excluding hydrogens is 268 g/mol. The quantitative estimate of drug-likeness (QED) is 0.837. The van der Waals surface area contributed by atoms with Crippen molar-refractivity contribution >= 4 is 0 Å². The van der Waals surface area contributed by atoms with E-state index in [9.17, 15) is 0 Å². The summed E-state index contributed by atoms with van der Waals surface area (Å²) < 4.78 is 24.2. The van der Waals surface area contributed by atoms with E-state index in [4.69, 9.17) is 18.9 Å². The average Bonchev–Trinajstić information content (AvgIpc) is 3.10. The van der Waals surface area contributed by atoms with Crippen molar-refractivity contribution in [1.82, 2.24) is 0 Å². The lowest BCUT2D eigenvalue weighted by atomic mass is 9.65. The van der Waals surface area contributed by atoms with E-state index >= 15 is 0 Å². The SMILES string of the molecule is COc1ccccc1[C@]12OC=C[C@]34CCC[C@]13C[C@H](O2)O4. The second kappa shape index (κ2) is 3.62. The molecule has 4 nitrogen and oxygen atoms in total. The molecule has 0 N–H and O–H groups in total. The van der Waals surface area contributed by atoms with E-state index in [1.807, 2.05) is 18.2 Å². The van der Waals surface area contributed by atoms with Crippen LogP contribution in [-0.2, 0) is 20.0 Å². The first-order valence-corrected chi connectivity index (χ1v) is 7.60. The summed E-state index contributed by atoms with van der Waals surface area (Å²) in [4.78, 5) is 0. The van der Waals surface area contributed by atoms with Gasteiger partial charge in [-0.3, -0.25) is 0 Å². The van der Waals surface area contributed by atoms with Crippen molar-refractivity contribution < 1.29 is 18.9 Å². The van der Waals surface area contributed by atoms with E-state index in [2.05, 4.69) is 12.1 Å². The number of methoxy groups -OCH3 is 1. The molecule has 3 fully saturated rings. The number of benzene rings is 1. The van der Waals surface area contributed by atoms with Crippen LogP contribution in [0.3, 0.4) is 0 Å². The highest BCUT2D eigenvalue weighted by atomic mass is 16.8. The third-order valence-electron chi connectivity index (χ3n) is 5.78. The van der Waals surface area contributed by atoms with Gasteiger partial charge in [0.1, 0.15) is 11.4 Å². The topological polar surface area (TPSA) is 36.9 Å². The third-order valence-corrected chi connectivity index (χ3v) is 5.78. The minimum Gasteiger partial charge on any atom is -0.496 e. The Kier molecular flexibility index (Phi) is 2.08. The van der Waals surface area contributed by atoms with Gasteiger partial charge in [0.2, 0.25) is 0 Å². The molecule has 0 amide bonds. The maximum Gasteiger partial charge on any atom is 0.251 e. The maximum atomic E-state index is 6.27. The van der Waals surface area contributed by atoms with E-state index in [-0.39, 0.29) is 17.3 Å². The van der Waals surface area contributed by atoms with Crippen molar-refractivity contribution in [3.05, 3.63) is 42.2 Å². The van der Waals surface area contributed by atoms with Crippen LogP contribution in [0.5, 0.6) is 5.75 Å². The summed E-state index contributed by atoms with van der Waals surface area (Å²) >= 11 is 0. The lowest BCUT2D eigenvalue weighted by Crippen LogP contribution is -2.59. The molecule has 1 spiro atoms. The fourth-order valence-electron chi connectivity index (χ4n) is 5.02. The second-order valence-corrected chi connectivity index (χ2v) is 6.43. The van der Waals surface area contributed by atoms with Gasteiger partial charge in [-0.2, -0.15) is 0 Å². The highest BCUT2D eigenvalue weighted by Crippen LogP contribution is 2.74. The molecule has 0 aromatic heterocycles. The molecular formula is C17H18O4. The smallest absolute Gasteiger partial charge is 0.251 e. The van der Waals surface area contributed by atoms with Crippen LogP contribution < -0.4 is 4.74 Å². The summed E-state index contributed by atoms with van der Waals surface area (Å²) in [5, 5.41) is 0. The Morgan fingerprint density at radius 3 is 3.00 bits per heavy atom. The van der Waals surface area contributed by atoms with Crippen LogP contribution in [0.2, 0.25) is 0 Å². The van der Waals surface area contributed by atoms with E-state index < -0.39 is 5.79 Å². The summed E-state index contributed by atoms with van der Waals surface area (Å²) in [6.45, 7) is 0. The van der Waals surface area contributed by atoms with Crippen LogP contribution in [0.4, 0.5) is 0 Å². The molecule has 21 heavy (non-hydrogen) atoms. The third kappa shape index (κ3) is 1.14. The number of rotatable bonds is 2. The zero-order valence-electron chi connectivity index (χ0n) is 12.0. The predicted molar refractivity (Wildman–Crippen MR) is 74.5 cm³/mol. The Bertz CT molecular complexity index is 641. The van der Waals surface area contributed by atoms with Crippen LogP contribution in [0, 0.1) is 5.41 Å². The van der Waals surface area contributed by atoms with Crippen LogP contribution in [0.15, 0.2) is 36.6 Å². The maximum absolute atomic E-state index is 6.27. The highest BCUT2D eigenvalue weighted by molar-refractivity contribution is 5.43. The van der Waals surface area contributed by atoms with Crippen LogP contribution in [0.25, 0.3) is 0 Å². The Balaban J connectivity index is 1.78. The number of hydrogen-bond donors (Lipinski definition) is 0. The van der Waals surface area contributed by atoms with E-state index in [1.165, 1.54) is 0 Å². The molecule has 3 aliphatic heterocycles. The summed E-state index contributed by atoms with van der Waals surface area (Å²) in [5.41, 5.74) is 0.622. The molecule has 1 aliphatic carbocycles. The van der Waals surface area contributed by atoms with Crippen LogP contribution in [-0.4, -0.2) is 19.0 Å². The lowest BCUT2D eigenvalue weighted by Gasteiger charge is -2.53. The highest BCUT2D eigenvalue weighted by Gasteiger charge is 2.80. The van der Waals surface area contributed by atoms with Crippen LogP contribution in [0.1, 0.15) is 31.2 Å². The summed E-state index contributed by atoms with van der Waals surface area (Å²) in [5.74, 6) is 0.0452. The normalized spacial score (nSPS) is 45.5. The zero-order valence-corrected chi connectivity index (χ0v) is 12.0. The van der Waals surface area contributed by atoms with Crippen molar-refractivity contribution in [3.8, 4) is 5.75 Å². The zero-order chi connectivity index (χ0) is 14.1. The Hall–Kier alpha value is -1.52. The van der Waals surface area contributed by atoms with Gasteiger partial charge in [0.15, 0.2) is 6.29 Å². The molecule has 0 unspecified atom stereocenters. The van der Waals surface area contributed by atoms with Crippen molar-refractivity contribution in [1.29, 1.82) is 0 Å². The first kappa shape index (κ1) is 12.1. The lowest BCUT2D eigenvalue weighted by molar-refractivity contribution is -0.372. The average molecular weight is 286 g/mol. The largest absolute Gasteiger partial charge is 0.496 e. The fourth-order valence-corrected chi connectivity index (χ4v) is 5.02. The van der Waals surface area contributed by atoms with Crippen molar-refractivity contribution in [3.63, 3.8) is 0 Å². The Morgan fingerprint density at radius 1 is 1.19 bits per heavy atom. The molecule has 1 aromatic carbocycles. The van der Waals surface area contributed by atoms with Gasteiger partial charge in [0.25, 0.3) is 5.79 Å².